The third kappa shape index (κ3) is 21.2. The van der Waals surface area contributed by atoms with E-state index in [0.29, 0.717) is 65.5 Å². The molecule has 3 aliphatic rings. The molecular weight excluding hydrogens is 1400 g/mol. The summed E-state index contributed by atoms with van der Waals surface area (Å²) < 4.78 is 78.6. The van der Waals surface area contributed by atoms with E-state index in [1.807, 2.05) is 233 Å². The molecule has 2 atom stereocenters. The van der Waals surface area contributed by atoms with E-state index in [0.717, 1.165) is 113 Å². The standard InChI is InChI=1S/C32H18N8.4C11H17NO2S.Cu/c1-2-10-18-17(9-1)25-33-26(18)38-28-21-13-5-6-14-22(21)30(35-28)40-32-24-16-8-7-15-23(24)31(36-32)39-29-20-12-4-3-11-19(20)27(34-29)37-25;3*1-3-4-10-12(15(2,13)14)11-8-6-5-7-9-11;1-3-4-10-12(13-14-15-2)11-8-6-5-7-9-11;/h1-18H;4*5-9H,3-4,10H2,1-2H3;/q-2;;;;;+2. The topological polar surface area (TPSA) is 239 Å². The van der Waals surface area contributed by atoms with Crippen molar-refractivity contribution < 1.29 is 51.6 Å². The third-order valence-electron chi connectivity index (χ3n) is 16.1. The summed E-state index contributed by atoms with van der Waals surface area (Å²) in [6.07, 6.45) is 21.7. The van der Waals surface area contributed by atoms with E-state index in [4.69, 9.17) is 49.2 Å². The van der Waals surface area contributed by atoms with Gasteiger partial charge in [0.05, 0.1) is 64.8 Å². The van der Waals surface area contributed by atoms with Crippen LogP contribution < -0.4 is 27.9 Å². The molecule has 5 heterocycles. The first-order valence-electron chi connectivity index (χ1n) is 33.5. The average Bonchev–Trinajstić information content (AvgIpc) is 1.61. The maximum Gasteiger partial charge on any atom is 2.00 e. The summed E-state index contributed by atoms with van der Waals surface area (Å²) in [6.45, 7) is 10.8. The Morgan fingerprint density at radius 3 is 1.00 bits per heavy atom. The monoisotopic (exact) mass is 1490 g/mol. The van der Waals surface area contributed by atoms with Crippen molar-refractivity contribution >= 4 is 109 Å². The number of nitrogens with zero attached hydrogens (tertiary/aromatic N) is 12. The van der Waals surface area contributed by atoms with Crippen molar-refractivity contribution in [2.75, 3.05) is 69.2 Å². The van der Waals surface area contributed by atoms with Crippen LogP contribution in [0.2, 0.25) is 0 Å². The Kier molecular flexibility index (Phi) is 29.1. The van der Waals surface area contributed by atoms with Crippen molar-refractivity contribution in [1.82, 2.24) is 39.9 Å². The van der Waals surface area contributed by atoms with Gasteiger partial charge in [-0.15, -0.1) is 4.33 Å². The smallest absolute Gasteiger partial charge is 0.357 e. The van der Waals surface area contributed by atoms with Gasteiger partial charge in [-0.2, -0.15) is 0 Å². The van der Waals surface area contributed by atoms with Crippen molar-refractivity contribution in [3.05, 3.63) is 230 Å². The van der Waals surface area contributed by atoms with Crippen LogP contribution in [-0.2, 0) is 56.5 Å². The zero-order valence-electron chi connectivity index (χ0n) is 58.0. The second-order valence-corrected chi connectivity index (χ2v) is 29.9. The summed E-state index contributed by atoms with van der Waals surface area (Å²) >= 11 is 1.19. The van der Waals surface area contributed by atoms with Crippen LogP contribution in [0, 0.1) is 0 Å². The molecule has 1 radical (unpaired) electrons. The molecule has 0 N–H and O–H groups in total. The number of allylic oxidation sites excluding steroid dienone is 4. The van der Waals surface area contributed by atoms with E-state index in [1.165, 1.54) is 43.7 Å². The predicted octanol–water partition coefficient (Wildman–Crippen LogP) is 16.0. The fraction of sp³-hybridized carbons (Fsp3) is 0.289. The van der Waals surface area contributed by atoms with Crippen LogP contribution in [0.5, 0.6) is 0 Å². The van der Waals surface area contributed by atoms with Gasteiger partial charge in [-0.05, 0) is 95.8 Å². The molecule has 13 rings (SSSR count). The van der Waals surface area contributed by atoms with Crippen LogP contribution >= 0.6 is 12.0 Å². The number of fused-ring (bicyclic) bond motifs is 20. The van der Waals surface area contributed by atoms with Crippen LogP contribution in [0.3, 0.4) is 0 Å². The average molecular weight is 1490 g/mol. The van der Waals surface area contributed by atoms with Gasteiger partial charge < -0.3 is 29.9 Å². The SMILES string of the molecule is C1=CC2c3nc(nc4[n-]c(nc5nc(nc6[n-]c(n3)c3ccccc63)-c3ccccc3-5)c3ccccc43)C2C=C1.CCCCN(OOSC)c1ccccc1.CCCCN(c1ccccc1)S(C)(=O)=O.CCCCN(c1ccccc1)S(C)(=O)=O.CCCCN(c1ccccc1)S(C)(=O)=O.[Cu+2]. The predicted molar refractivity (Wildman–Crippen MR) is 408 cm³/mol. The number of hydrogen-bond acceptors (Lipinski definition) is 16. The summed E-state index contributed by atoms with van der Waals surface area (Å²) in [6, 6.07) is 61.6. The summed E-state index contributed by atoms with van der Waals surface area (Å²) in [4.78, 5) is 44.7. The molecule has 0 saturated carbocycles. The van der Waals surface area contributed by atoms with E-state index in [1.54, 1.807) is 5.06 Å². The number of para-hydroxylation sites is 4. The van der Waals surface area contributed by atoms with Crippen LogP contribution in [0.15, 0.2) is 218 Å². The number of hydroxylamine groups is 1. The Hall–Kier alpha value is -8.78. The normalized spacial score (nSPS) is 13.4. The molecule has 20 nitrogen and oxygen atoms in total. The molecule has 7 aromatic carbocycles. The zero-order chi connectivity index (χ0) is 71.1. The summed E-state index contributed by atoms with van der Waals surface area (Å²) in [5.41, 5.74) is 7.36. The van der Waals surface area contributed by atoms with Gasteiger partial charge in [-0.25, -0.2) is 35.3 Å². The molecule has 101 heavy (non-hydrogen) atoms. The minimum absolute atomic E-state index is 0. The Labute approximate surface area is 609 Å². The van der Waals surface area contributed by atoms with Gasteiger partial charge in [0.2, 0.25) is 30.1 Å². The number of benzene rings is 7. The minimum atomic E-state index is -3.16. The molecule has 25 heteroatoms. The van der Waals surface area contributed by atoms with E-state index in [9.17, 15) is 25.3 Å². The van der Waals surface area contributed by atoms with Crippen LogP contribution in [-0.4, -0.2) is 106 Å². The fourth-order valence-electron chi connectivity index (χ4n) is 11.1. The van der Waals surface area contributed by atoms with E-state index < -0.39 is 30.1 Å². The summed E-state index contributed by atoms with van der Waals surface area (Å²) in [7, 11) is -9.47. The van der Waals surface area contributed by atoms with Crippen molar-refractivity contribution in [3.63, 3.8) is 0 Å². The van der Waals surface area contributed by atoms with Crippen molar-refractivity contribution in [3.8, 4) is 22.8 Å². The second-order valence-electron chi connectivity index (χ2n) is 23.7. The molecule has 8 bridgehead atoms. The number of sulfonamides is 3. The molecular formula is C76H86CuN12O8S4. The van der Waals surface area contributed by atoms with E-state index in [-0.39, 0.29) is 28.9 Å². The van der Waals surface area contributed by atoms with Gasteiger partial charge >= 0.3 is 17.1 Å². The summed E-state index contributed by atoms with van der Waals surface area (Å²) in [5, 5.41) is 5.41. The quantitative estimate of drug-likeness (QED) is 0.0265. The number of rotatable bonds is 22. The van der Waals surface area contributed by atoms with Gasteiger partial charge in [-0.3, -0.25) is 17.9 Å². The van der Waals surface area contributed by atoms with Gasteiger partial charge in [0.15, 0.2) is 0 Å². The molecule has 533 valence electrons. The number of hydrogen-bond donors (Lipinski definition) is 0. The minimum Gasteiger partial charge on any atom is -0.357 e. The first-order chi connectivity index (χ1) is 48.3. The third-order valence-corrected chi connectivity index (χ3v) is 19.9. The Balaban J connectivity index is 0.000000178. The second kappa shape index (κ2) is 37.8. The van der Waals surface area contributed by atoms with Crippen LogP contribution in [0.1, 0.15) is 103 Å². The Morgan fingerprint density at radius 1 is 0.386 bits per heavy atom. The van der Waals surface area contributed by atoms with E-state index >= 15 is 0 Å². The maximum absolute atomic E-state index is 11.6. The molecule has 10 aromatic rings. The number of anilines is 4. The maximum atomic E-state index is 11.6. The number of aromatic nitrogens is 8. The largest absolute Gasteiger partial charge is 2.00 e. The molecule has 0 amide bonds. The van der Waals surface area contributed by atoms with Crippen molar-refractivity contribution in [2.24, 2.45) is 0 Å². The van der Waals surface area contributed by atoms with Crippen molar-refractivity contribution in [2.45, 2.75) is 90.9 Å². The van der Waals surface area contributed by atoms with Crippen LogP contribution in [0.4, 0.5) is 22.7 Å². The van der Waals surface area contributed by atoms with E-state index in [2.05, 4.69) is 19.1 Å². The Bertz CT molecular complexity index is 4540. The summed E-state index contributed by atoms with van der Waals surface area (Å²) in [5.74, 6) is 2.39. The molecule has 2 unspecified atom stereocenters. The fourth-order valence-corrected chi connectivity index (χ4v) is 14.1. The molecule has 0 spiro atoms. The number of unbranched alkanes of at least 4 members (excludes halogenated alkanes) is 4. The van der Waals surface area contributed by atoms with Gasteiger partial charge in [-0.1, -0.05) is 228 Å². The first-order valence-corrected chi connectivity index (χ1v) is 40.2. The molecule has 3 aromatic heterocycles. The van der Waals surface area contributed by atoms with Crippen molar-refractivity contribution in [1.29, 1.82) is 0 Å². The zero-order valence-corrected chi connectivity index (χ0v) is 62.2. The molecule has 2 aliphatic heterocycles. The van der Waals surface area contributed by atoms with Gasteiger partial charge in [0.1, 0.15) is 0 Å². The van der Waals surface area contributed by atoms with Gasteiger partial charge in [0, 0.05) is 90.0 Å². The Morgan fingerprint density at radius 2 is 0.683 bits per heavy atom. The van der Waals surface area contributed by atoms with Gasteiger partial charge in [0.25, 0.3) is 0 Å². The molecule has 1 aliphatic carbocycles. The first kappa shape index (κ1) is 77.9. The molecule has 0 fully saturated rings. The van der Waals surface area contributed by atoms with Crippen LogP contribution in [0.25, 0.3) is 66.9 Å². The molecule has 0 saturated heterocycles.